The Kier molecular flexibility index (Phi) is 6.17. The molecular weight excluding hydrogens is 326 g/mol. The summed E-state index contributed by atoms with van der Waals surface area (Å²) in [5.41, 5.74) is 2.48. The summed E-state index contributed by atoms with van der Waals surface area (Å²) >= 11 is 0. The van der Waals surface area contributed by atoms with Gasteiger partial charge in [0.2, 0.25) is 11.8 Å². The fourth-order valence-corrected chi connectivity index (χ4v) is 4.09. The highest BCUT2D eigenvalue weighted by Crippen LogP contribution is 2.29. The standard InChI is InChI=1S/C21H31N3O2/c1-23(2)18-11-9-16(10-12-18)6-5-13-22-21(26)17-14-20(25)24(15-17)19-7-3-4-8-19/h9-12,17,19H,3-8,13-15H2,1-2H3,(H,22,26). The van der Waals surface area contributed by atoms with E-state index in [-0.39, 0.29) is 17.7 Å². The van der Waals surface area contributed by atoms with Crippen LogP contribution in [0, 0.1) is 5.92 Å². The quantitative estimate of drug-likeness (QED) is 0.763. The van der Waals surface area contributed by atoms with Gasteiger partial charge < -0.3 is 15.1 Å². The minimum absolute atomic E-state index is 0.0433. The second kappa shape index (κ2) is 8.56. The van der Waals surface area contributed by atoms with Gasteiger partial charge in [-0.05, 0) is 43.4 Å². The molecule has 2 aliphatic rings. The number of nitrogens with zero attached hydrogens (tertiary/aromatic N) is 2. The fourth-order valence-electron chi connectivity index (χ4n) is 4.09. The molecule has 1 aliphatic heterocycles. The summed E-state index contributed by atoms with van der Waals surface area (Å²) in [5, 5.41) is 3.03. The Morgan fingerprint density at radius 2 is 1.88 bits per heavy atom. The number of carbonyl (C=O) groups is 2. The van der Waals surface area contributed by atoms with Crippen LogP contribution < -0.4 is 10.2 Å². The molecule has 1 saturated heterocycles. The number of benzene rings is 1. The van der Waals surface area contributed by atoms with Crippen LogP contribution in [0.3, 0.4) is 0 Å². The van der Waals surface area contributed by atoms with Gasteiger partial charge in [0.05, 0.1) is 5.92 Å². The number of hydrogen-bond donors (Lipinski definition) is 1. The lowest BCUT2D eigenvalue weighted by Crippen LogP contribution is -2.37. The first-order valence-corrected chi connectivity index (χ1v) is 9.88. The molecule has 1 saturated carbocycles. The predicted molar refractivity (Wildman–Crippen MR) is 104 cm³/mol. The fraction of sp³-hybridized carbons (Fsp3) is 0.619. The van der Waals surface area contributed by atoms with Gasteiger partial charge >= 0.3 is 0 Å². The molecule has 0 spiro atoms. The van der Waals surface area contributed by atoms with E-state index < -0.39 is 0 Å². The Morgan fingerprint density at radius 3 is 2.54 bits per heavy atom. The third-order valence-corrected chi connectivity index (χ3v) is 5.69. The van der Waals surface area contributed by atoms with Gasteiger partial charge in [-0.3, -0.25) is 9.59 Å². The Labute approximate surface area is 156 Å². The molecule has 0 bridgehead atoms. The van der Waals surface area contributed by atoms with E-state index in [1.807, 2.05) is 19.0 Å². The summed E-state index contributed by atoms with van der Waals surface area (Å²) in [6.07, 6.45) is 6.88. The highest BCUT2D eigenvalue weighted by atomic mass is 16.2. The molecule has 0 aromatic heterocycles. The molecule has 142 valence electrons. The van der Waals surface area contributed by atoms with Crippen LogP contribution in [0.1, 0.15) is 44.1 Å². The van der Waals surface area contributed by atoms with E-state index in [9.17, 15) is 9.59 Å². The summed E-state index contributed by atoms with van der Waals surface area (Å²) in [6.45, 7) is 1.28. The zero-order valence-corrected chi connectivity index (χ0v) is 16.0. The van der Waals surface area contributed by atoms with Crippen LogP contribution in [0.4, 0.5) is 5.69 Å². The molecule has 1 aromatic carbocycles. The van der Waals surface area contributed by atoms with Crippen LogP contribution in [-0.4, -0.2) is 49.9 Å². The maximum absolute atomic E-state index is 12.4. The zero-order valence-electron chi connectivity index (χ0n) is 16.0. The van der Waals surface area contributed by atoms with Crippen LogP contribution in [0.15, 0.2) is 24.3 Å². The third-order valence-electron chi connectivity index (χ3n) is 5.69. The van der Waals surface area contributed by atoms with Gasteiger partial charge in [-0.15, -0.1) is 0 Å². The van der Waals surface area contributed by atoms with Crippen molar-refractivity contribution in [3.63, 3.8) is 0 Å². The van der Waals surface area contributed by atoms with Gasteiger partial charge in [-0.2, -0.15) is 0 Å². The minimum atomic E-state index is -0.164. The Bertz CT molecular complexity index is 621. The van der Waals surface area contributed by atoms with Crippen molar-refractivity contribution in [2.75, 3.05) is 32.1 Å². The van der Waals surface area contributed by atoms with Crippen molar-refractivity contribution < 1.29 is 9.59 Å². The maximum atomic E-state index is 12.4. The predicted octanol–water partition coefficient (Wildman–Crippen LogP) is 2.59. The number of anilines is 1. The number of hydrogen-bond acceptors (Lipinski definition) is 3. The Morgan fingerprint density at radius 1 is 1.19 bits per heavy atom. The van der Waals surface area contributed by atoms with Gasteiger partial charge in [-0.25, -0.2) is 0 Å². The molecule has 2 amide bonds. The average molecular weight is 357 g/mol. The molecule has 1 unspecified atom stereocenters. The lowest BCUT2D eigenvalue weighted by atomic mass is 10.1. The molecular formula is C21H31N3O2. The summed E-state index contributed by atoms with van der Waals surface area (Å²) in [5.74, 6) is 0.0438. The Hall–Kier alpha value is -2.04. The van der Waals surface area contributed by atoms with E-state index >= 15 is 0 Å². The smallest absolute Gasteiger partial charge is 0.225 e. The average Bonchev–Trinajstić information content (AvgIpc) is 3.28. The van der Waals surface area contributed by atoms with E-state index in [0.717, 1.165) is 25.7 Å². The highest BCUT2D eigenvalue weighted by Gasteiger charge is 2.38. The van der Waals surface area contributed by atoms with Crippen molar-refractivity contribution in [2.45, 2.75) is 51.0 Å². The van der Waals surface area contributed by atoms with E-state index in [1.54, 1.807) is 0 Å². The first kappa shape index (κ1) is 18.7. The van der Waals surface area contributed by atoms with Crippen molar-refractivity contribution in [3.8, 4) is 0 Å². The number of carbonyl (C=O) groups excluding carboxylic acids is 2. The first-order valence-electron chi connectivity index (χ1n) is 9.88. The molecule has 5 heteroatoms. The molecule has 2 fully saturated rings. The molecule has 1 atom stereocenters. The third kappa shape index (κ3) is 4.57. The van der Waals surface area contributed by atoms with Crippen LogP contribution >= 0.6 is 0 Å². The van der Waals surface area contributed by atoms with Crippen molar-refractivity contribution in [1.82, 2.24) is 10.2 Å². The van der Waals surface area contributed by atoms with Gasteiger partial charge in [0, 0.05) is 45.3 Å². The van der Waals surface area contributed by atoms with Crippen LogP contribution in [0.25, 0.3) is 0 Å². The van der Waals surface area contributed by atoms with Crippen LogP contribution in [0.2, 0.25) is 0 Å². The topological polar surface area (TPSA) is 52.7 Å². The zero-order chi connectivity index (χ0) is 18.5. The second-order valence-corrected chi connectivity index (χ2v) is 7.84. The summed E-state index contributed by atoms with van der Waals surface area (Å²) in [7, 11) is 4.07. The van der Waals surface area contributed by atoms with Crippen molar-refractivity contribution in [3.05, 3.63) is 29.8 Å². The number of aryl methyl sites for hydroxylation is 1. The van der Waals surface area contributed by atoms with E-state index in [4.69, 9.17) is 0 Å². The molecule has 1 aliphatic carbocycles. The van der Waals surface area contributed by atoms with Crippen LogP contribution in [-0.2, 0) is 16.0 Å². The number of rotatable bonds is 7. The van der Waals surface area contributed by atoms with Gasteiger partial charge in [-0.1, -0.05) is 25.0 Å². The van der Waals surface area contributed by atoms with E-state index in [1.165, 1.54) is 24.1 Å². The molecule has 0 radical (unpaired) electrons. The van der Waals surface area contributed by atoms with E-state index in [0.29, 0.717) is 25.6 Å². The minimum Gasteiger partial charge on any atom is -0.378 e. The SMILES string of the molecule is CN(C)c1ccc(CCCNC(=O)C2CC(=O)N(C3CCCC3)C2)cc1. The van der Waals surface area contributed by atoms with E-state index in [2.05, 4.69) is 34.5 Å². The normalized spacial score (nSPS) is 20.6. The van der Waals surface area contributed by atoms with Gasteiger partial charge in [0.15, 0.2) is 0 Å². The molecule has 3 rings (SSSR count). The molecule has 26 heavy (non-hydrogen) atoms. The van der Waals surface area contributed by atoms with Crippen molar-refractivity contribution >= 4 is 17.5 Å². The monoisotopic (exact) mass is 357 g/mol. The molecule has 1 N–H and O–H groups in total. The molecule has 1 heterocycles. The Balaban J connectivity index is 1.38. The maximum Gasteiger partial charge on any atom is 0.225 e. The lowest BCUT2D eigenvalue weighted by molar-refractivity contribution is -0.130. The number of nitrogens with one attached hydrogen (secondary N) is 1. The largest absolute Gasteiger partial charge is 0.378 e. The highest BCUT2D eigenvalue weighted by molar-refractivity contribution is 5.89. The van der Waals surface area contributed by atoms with Crippen molar-refractivity contribution in [1.29, 1.82) is 0 Å². The number of amides is 2. The van der Waals surface area contributed by atoms with Crippen LogP contribution in [0.5, 0.6) is 0 Å². The summed E-state index contributed by atoms with van der Waals surface area (Å²) in [6, 6.07) is 8.91. The molecule has 1 aromatic rings. The number of likely N-dealkylation sites (tertiary alicyclic amines) is 1. The summed E-state index contributed by atoms with van der Waals surface area (Å²) < 4.78 is 0. The van der Waals surface area contributed by atoms with Crippen molar-refractivity contribution in [2.24, 2.45) is 5.92 Å². The second-order valence-electron chi connectivity index (χ2n) is 7.84. The van der Waals surface area contributed by atoms with Gasteiger partial charge in [0.1, 0.15) is 0 Å². The summed E-state index contributed by atoms with van der Waals surface area (Å²) in [4.78, 5) is 28.6. The van der Waals surface area contributed by atoms with Gasteiger partial charge in [0.25, 0.3) is 0 Å². The first-order chi connectivity index (χ1) is 12.5. The lowest BCUT2D eigenvalue weighted by Gasteiger charge is -2.23. The molecule has 5 nitrogen and oxygen atoms in total.